The maximum Gasteiger partial charge on any atom is 0.272 e. The van der Waals surface area contributed by atoms with E-state index in [0.717, 1.165) is 4.47 Å². The second-order valence-corrected chi connectivity index (χ2v) is 5.04. The van der Waals surface area contributed by atoms with Gasteiger partial charge in [-0.2, -0.15) is 0 Å². The lowest BCUT2D eigenvalue weighted by molar-refractivity contribution is 0.101. The zero-order chi connectivity index (χ0) is 14.7. The first-order chi connectivity index (χ1) is 9.55. The molecule has 0 radical (unpaired) electrons. The van der Waals surface area contributed by atoms with E-state index in [4.69, 9.17) is 4.74 Å². The summed E-state index contributed by atoms with van der Waals surface area (Å²) in [6.07, 6.45) is 1.83. The summed E-state index contributed by atoms with van der Waals surface area (Å²) in [5.74, 6) is -0.408. The number of carbonyl (C=O) groups excluding carboxylic acids is 1. The monoisotopic (exact) mass is 340 g/mol. The van der Waals surface area contributed by atoms with Gasteiger partial charge in [0.2, 0.25) is 0 Å². The molecule has 1 heterocycles. The Kier molecular flexibility index (Phi) is 4.44. The molecule has 0 aliphatic rings. The van der Waals surface area contributed by atoms with Crippen LogP contribution >= 0.6 is 15.9 Å². The molecule has 1 aromatic heterocycles. The molecule has 1 amide bonds. The Bertz CT molecular complexity index is 640. The number of benzene rings is 1. The maximum absolute atomic E-state index is 13.1. The number of hydrogen-bond donors (Lipinski definition) is 1. The predicted octanol–water partition coefficient (Wildman–Crippen LogP) is 3.67. The topological polar surface area (TPSA) is 43.3 Å². The number of nitrogens with one attached hydrogen (secondary N) is 1. The van der Waals surface area contributed by atoms with E-state index >= 15 is 0 Å². The normalized spacial score (nSPS) is 10.4. The van der Waals surface area contributed by atoms with Gasteiger partial charge in [-0.25, -0.2) is 4.39 Å². The molecule has 0 unspecified atom stereocenters. The van der Waals surface area contributed by atoms with Gasteiger partial charge >= 0.3 is 0 Å². The first-order valence-electron chi connectivity index (χ1n) is 6.05. The van der Waals surface area contributed by atoms with Crippen LogP contribution in [-0.4, -0.2) is 17.6 Å². The predicted molar refractivity (Wildman–Crippen MR) is 78.7 cm³/mol. The second-order valence-electron chi connectivity index (χ2n) is 4.13. The summed E-state index contributed by atoms with van der Waals surface area (Å²) in [6, 6.07) is 5.70. The average Bonchev–Trinajstić information content (AvgIpc) is 2.82. The van der Waals surface area contributed by atoms with Gasteiger partial charge in [-0.1, -0.05) is 0 Å². The van der Waals surface area contributed by atoms with Crippen LogP contribution in [0.1, 0.15) is 17.4 Å². The van der Waals surface area contributed by atoms with Gasteiger partial charge in [0.05, 0.1) is 12.8 Å². The minimum Gasteiger partial charge on any atom is -0.494 e. The van der Waals surface area contributed by atoms with Gasteiger partial charge in [0, 0.05) is 23.3 Å². The lowest BCUT2D eigenvalue weighted by Crippen LogP contribution is -2.16. The Morgan fingerprint density at radius 2 is 2.20 bits per heavy atom. The van der Waals surface area contributed by atoms with Crippen LogP contribution in [0.4, 0.5) is 10.1 Å². The summed E-state index contributed by atoms with van der Waals surface area (Å²) in [4.78, 5) is 12.3. The number of aromatic nitrogens is 1. The molecule has 0 saturated carbocycles. The molecule has 0 saturated heterocycles. The van der Waals surface area contributed by atoms with E-state index in [9.17, 15) is 9.18 Å². The molecule has 0 aliphatic heterocycles. The number of halogens is 2. The van der Waals surface area contributed by atoms with Crippen molar-refractivity contribution in [2.45, 2.75) is 13.5 Å². The Morgan fingerprint density at radius 3 is 2.85 bits per heavy atom. The van der Waals surface area contributed by atoms with Crippen molar-refractivity contribution in [3.63, 3.8) is 0 Å². The van der Waals surface area contributed by atoms with Gasteiger partial charge in [-0.15, -0.1) is 0 Å². The zero-order valence-electron chi connectivity index (χ0n) is 11.1. The van der Waals surface area contributed by atoms with Crippen molar-refractivity contribution >= 4 is 27.5 Å². The van der Waals surface area contributed by atoms with Crippen molar-refractivity contribution in [3.05, 3.63) is 46.4 Å². The average molecular weight is 341 g/mol. The molecule has 1 N–H and O–H groups in total. The lowest BCUT2D eigenvalue weighted by atomic mass is 10.2. The number of amides is 1. The summed E-state index contributed by atoms with van der Waals surface area (Å²) in [5, 5.41) is 2.72. The molecular formula is C14H14BrFN2O2. The highest BCUT2D eigenvalue weighted by Gasteiger charge is 2.14. The highest BCUT2D eigenvalue weighted by molar-refractivity contribution is 9.10. The van der Waals surface area contributed by atoms with Crippen molar-refractivity contribution in [2.75, 3.05) is 12.4 Å². The fourth-order valence-corrected chi connectivity index (χ4v) is 2.35. The van der Waals surface area contributed by atoms with Crippen LogP contribution in [-0.2, 0) is 6.54 Å². The van der Waals surface area contributed by atoms with E-state index in [1.807, 2.05) is 17.7 Å². The maximum atomic E-state index is 13.1. The first kappa shape index (κ1) is 14.6. The van der Waals surface area contributed by atoms with E-state index in [1.54, 1.807) is 6.07 Å². The summed E-state index contributed by atoms with van der Waals surface area (Å²) < 4.78 is 20.8. The molecule has 0 aliphatic carbocycles. The molecule has 20 heavy (non-hydrogen) atoms. The van der Waals surface area contributed by atoms with E-state index in [2.05, 4.69) is 21.2 Å². The number of aryl methyl sites for hydroxylation is 1. The minimum absolute atomic E-state index is 0.276. The zero-order valence-corrected chi connectivity index (χ0v) is 12.7. The van der Waals surface area contributed by atoms with Crippen LogP contribution in [0.15, 0.2) is 34.9 Å². The van der Waals surface area contributed by atoms with E-state index in [-0.39, 0.29) is 11.7 Å². The Hall–Kier alpha value is -1.82. The molecule has 6 heteroatoms. The van der Waals surface area contributed by atoms with Crippen LogP contribution < -0.4 is 10.1 Å². The van der Waals surface area contributed by atoms with Gasteiger partial charge in [-0.05, 0) is 41.1 Å². The third kappa shape index (κ3) is 3.01. The Balaban J connectivity index is 2.27. The van der Waals surface area contributed by atoms with E-state index in [0.29, 0.717) is 17.9 Å². The molecule has 4 nitrogen and oxygen atoms in total. The molecule has 0 spiro atoms. The largest absolute Gasteiger partial charge is 0.494 e. The summed E-state index contributed by atoms with van der Waals surface area (Å²) in [6.45, 7) is 2.62. The van der Waals surface area contributed by atoms with E-state index < -0.39 is 5.82 Å². The molecule has 0 fully saturated rings. The summed E-state index contributed by atoms with van der Waals surface area (Å²) in [5.41, 5.74) is 0.949. The van der Waals surface area contributed by atoms with Gasteiger partial charge < -0.3 is 14.6 Å². The van der Waals surface area contributed by atoms with Gasteiger partial charge in [0.25, 0.3) is 5.91 Å². The lowest BCUT2D eigenvalue weighted by Gasteiger charge is -2.11. The van der Waals surface area contributed by atoms with Crippen LogP contribution in [0.5, 0.6) is 5.75 Å². The van der Waals surface area contributed by atoms with Crippen molar-refractivity contribution in [1.29, 1.82) is 0 Å². The smallest absolute Gasteiger partial charge is 0.272 e. The number of nitrogens with zero attached hydrogens (tertiary/aromatic N) is 1. The van der Waals surface area contributed by atoms with Crippen molar-refractivity contribution in [3.8, 4) is 5.75 Å². The van der Waals surface area contributed by atoms with Gasteiger partial charge in [-0.3, -0.25) is 4.79 Å². The minimum atomic E-state index is -0.417. The summed E-state index contributed by atoms with van der Waals surface area (Å²) in [7, 11) is 1.43. The quantitative estimate of drug-likeness (QED) is 0.922. The highest BCUT2D eigenvalue weighted by atomic mass is 79.9. The molecule has 106 valence electrons. The number of methoxy groups -OCH3 is 1. The van der Waals surface area contributed by atoms with Crippen molar-refractivity contribution in [1.82, 2.24) is 4.57 Å². The number of hydrogen-bond acceptors (Lipinski definition) is 2. The standard InChI is InChI=1S/C14H14BrFN2O2/c1-3-18-8-9(15)6-12(18)14(19)17-11-5-4-10(16)7-13(11)20-2/h4-8H,3H2,1-2H3,(H,17,19). The molecule has 2 rings (SSSR count). The fraction of sp³-hybridized carbons (Fsp3) is 0.214. The number of carbonyl (C=O) groups is 1. The molecular weight excluding hydrogens is 327 g/mol. The number of anilines is 1. The third-order valence-electron chi connectivity index (χ3n) is 2.85. The fourth-order valence-electron chi connectivity index (χ4n) is 1.88. The van der Waals surface area contributed by atoms with Crippen molar-refractivity contribution < 1.29 is 13.9 Å². The van der Waals surface area contributed by atoms with Crippen LogP contribution in [0, 0.1) is 5.82 Å². The third-order valence-corrected chi connectivity index (χ3v) is 3.28. The van der Waals surface area contributed by atoms with Crippen LogP contribution in [0.2, 0.25) is 0 Å². The van der Waals surface area contributed by atoms with E-state index in [1.165, 1.54) is 25.3 Å². The Labute approximate surface area is 124 Å². The molecule has 2 aromatic rings. The first-order valence-corrected chi connectivity index (χ1v) is 6.85. The van der Waals surface area contributed by atoms with Crippen LogP contribution in [0.25, 0.3) is 0 Å². The Morgan fingerprint density at radius 1 is 1.45 bits per heavy atom. The highest BCUT2D eigenvalue weighted by Crippen LogP contribution is 2.26. The SMILES string of the molecule is CCn1cc(Br)cc1C(=O)Nc1ccc(F)cc1OC. The molecule has 0 atom stereocenters. The van der Waals surface area contributed by atoms with Crippen LogP contribution in [0.3, 0.4) is 0 Å². The van der Waals surface area contributed by atoms with Gasteiger partial charge in [0.15, 0.2) is 0 Å². The van der Waals surface area contributed by atoms with Crippen molar-refractivity contribution in [2.24, 2.45) is 0 Å². The second kappa shape index (κ2) is 6.09. The molecule has 1 aromatic carbocycles. The van der Waals surface area contributed by atoms with Gasteiger partial charge in [0.1, 0.15) is 17.3 Å². The number of rotatable bonds is 4. The summed E-state index contributed by atoms with van der Waals surface area (Å²) >= 11 is 3.34. The molecule has 0 bridgehead atoms. The number of ether oxygens (including phenoxy) is 1.